The Labute approximate surface area is 166 Å². The van der Waals surface area contributed by atoms with Gasteiger partial charge in [0, 0.05) is 41.5 Å². The number of hydrogen-bond donors (Lipinski definition) is 4. The van der Waals surface area contributed by atoms with E-state index >= 15 is 0 Å². The van der Waals surface area contributed by atoms with E-state index in [9.17, 15) is 14.7 Å². The Bertz CT molecular complexity index is 1050. The van der Waals surface area contributed by atoms with Crippen molar-refractivity contribution in [2.75, 3.05) is 11.9 Å². The van der Waals surface area contributed by atoms with Crippen molar-refractivity contribution in [2.45, 2.75) is 19.4 Å². The highest BCUT2D eigenvalue weighted by Gasteiger charge is 2.12. The molecule has 9 nitrogen and oxygen atoms in total. The van der Waals surface area contributed by atoms with Crippen molar-refractivity contribution in [1.82, 2.24) is 20.4 Å². The van der Waals surface area contributed by atoms with E-state index < -0.39 is 17.9 Å². The minimum Gasteiger partial charge on any atom is -0.394 e. The first kappa shape index (κ1) is 19.9. The van der Waals surface area contributed by atoms with Gasteiger partial charge >= 0.3 is 0 Å². The zero-order chi connectivity index (χ0) is 20.6. The minimum atomic E-state index is -0.518. The van der Waals surface area contributed by atoms with Gasteiger partial charge in [0.05, 0.1) is 19.0 Å². The number of rotatable bonds is 6. The third kappa shape index (κ3) is 5.79. The number of aromatic amines is 1. The standard InChI is InChI=1S/C20H19N5O4/c1-13-7-18(25-29-13)20(28)24-15-4-2-3-14(8-15)5-6-19(27)23-17(11-26)9-16-10-21-12-22-16/h2-4,7-8,10,12,17,26H,9,11H2,1H3,(H,21,22)(H,23,27)(H,24,28)/t17-/m0/s1. The summed E-state index contributed by atoms with van der Waals surface area (Å²) in [6.07, 6.45) is 3.56. The number of aryl methyl sites for hydroxylation is 1. The molecule has 2 amide bonds. The van der Waals surface area contributed by atoms with Gasteiger partial charge in [-0.2, -0.15) is 0 Å². The first-order valence-electron chi connectivity index (χ1n) is 8.79. The number of aliphatic hydroxyl groups excluding tert-OH is 1. The molecule has 0 fully saturated rings. The van der Waals surface area contributed by atoms with Gasteiger partial charge in [0.15, 0.2) is 5.69 Å². The van der Waals surface area contributed by atoms with Gasteiger partial charge in [0.1, 0.15) is 5.76 Å². The molecule has 0 bridgehead atoms. The Hall–Kier alpha value is -3.90. The van der Waals surface area contributed by atoms with Crippen LogP contribution in [0.3, 0.4) is 0 Å². The number of carbonyl (C=O) groups is 2. The van der Waals surface area contributed by atoms with Crippen molar-refractivity contribution >= 4 is 17.5 Å². The highest BCUT2D eigenvalue weighted by molar-refractivity contribution is 6.03. The van der Waals surface area contributed by atoms with Crippen LogP contribution in [-0.4, -0.2) is 44.7 Å². The number of H-pyrrole nitrogens is 1. The van der Waals surface area contributed by atoms with Crippen LogP contribution in [0.5, 0.6) is 0 Å². The molecule has 0 unspecified atom stereocenters. The average Bonchev–Trinajstić information content (AvgIpc) is 3.38. The van der Waals surface area contributed by atoms with Crippen LogP contribution in [-0.2, 0) is 11.2 Å². The van der Waals surface area contributed by atoms with Crippen molar-refractivity contribution in [2.24, 2.45) is 0 Å². The highest BCUT2D eigenvalue weighted by atomic mass is 16.5. The number of imidazole rings is 1. The number of aromatic nitrogens is 3. The lowest BCUT2D eigenvalue weighted by atomic mass is 10.1. The Kier molecular flexibility index (Phi) is 6.40. The van der Waals surface area contributed by atoms with E-state index in [1.165, 1.54) is 12.4 Å². The number of hydrogen-bond acceptors (Lipinski definition) is 6. The Morgan fingerprint density at radius 2 is 2.21 bits per heavy atom. The van der Waals surface area contributed by atoms with Crippen LogP contribution in [0, 0.1) is 18.8 Å². The molecular weight excluding hydrogens is 374 g/mol. The fourth-order valence-electron chi connectivity index (χ4n) is 2.52. The van der Waals surface area contributed by atoms with Gasteiger partial charge < -0.3 is 25.2 Å². The molecule has 0 aliphatic rings. The quantitative estimate of drug-likeness (QED) is 0.462. The van der Waals surface area contributed by atoms with E-state index in [-0.39, 0.29) is 12.3 Å². The molecule has 9 heteroatoms. The largest absolute Gasteiger partial charge is 0.394 e. The molecule has 2 aromatic heterocycles. The maximum absolute atomic E-state index is 12.1. The van der Waals surface area contributed by atoms with E-state index in [0.717, 1.165) is 5.69 Å². The van der Waals surface area contributed by atoms with Crippen LogP contribution < -0.4 is 10.6 Å². The fourth-order valence-corrected chi connectivity index (χ4v) is 2.52. The van der Waals surface area contributed by atoms with Crippen molar-refractivity contribution in [3.63, 3.8) is 0 Å². The maximum atomic E-state index is 12.1. The van der Waals surface area contributed by atoms with Crippen molar-refractivity contribution in [3.8, 4) is 11.8 Å². The summed E-state index contributed by atoms with van der Waals surface area (Å²) in [6.45, 7) is 1.47. The van der Waals surface area contributed by atoms with Crippen molar-refractivity contribution < 1.29 is 19.2 Å². The molecular formula is C20H19N5O4. The summed E-state index contributed by atoms with van der Waals surface area (Å²) in [6, 6.07) is 7.81. The minimum absolute atomic E-state index is 0.172. The third-order valence-electron chi connectivity index (χ3n) is 3.88. The maximum Gasteiger partial charge on any atom is 0.296 e. The third-order valence-corrected chi connectivity index (χ3v) is 3.88. The molecule has 3 rings (SSSR count). The van der Waals surface area contributed by atoms with E-state index in [0.29, 0.717) is 23.4 Å². The summed E-state index contributed by atoms with van der Waals surface area (Å²) in [7, 11) is 0. The summed E-state index contributed by atoms with van der Waals surface area (Å²) >= 11 is 0. The van der Waals surface area contributed by atoms with Crippen LogP contribution in [0.4, 0.5) is 5.69 Å². The number of amides is 2. The molecule has 0 saturated carbocycles. The molecule has 4 N–H and O–H groups in total. The van der Waals surface area contributed by atoms with Crippen molar-refractivity contribution in [1.29, 1.82) is 0 Å². The Balaban J connectivity index is 1.60. The lowest BCUT2D eigenvalue weighted by Gasteiger charge is -2.12. The van der Waals surface area contributed by atoms with Gasteiger partial charge in [-0.1, -0.05) is 17.1 Å². The summed E-state index contributed by atoms with van der Waals surface area (Å²) in [5, 5.41) is 18.4. The Morgan fingerprint density at radius 3 is 2.90 bits per heavy atom. The van der Waals surface area contributed by atoms with Gasteiger partial charge in [-0.15, -0.1) is 0 Å². The second kappa shape index (κ2) is 9.34. The van der Waals surface area contributed by atoms with Gasteiger partial charge in [-0.25, -0.2) is 4.98 Å². The van der Waals surface area contributed by atoms with Crippen molar-refractivity contribution in [3.05, 3.63) is 65.6 Å². The number of nitrogens with one attached hydrogen (secondary N) is 3. The predicted octanol–water partition coefficient (Wildman–Crippen LogP) is 1.03. The van der Waals surface area contributed by atoms with Gasteiger partial charge in [0.25, 0.3) is 11.8 Å². The molecule has 0 saturated heterocycles. The number of aliphatic hydroxyl groups is 1. The molecule has 0 aliphatic heterocycles. The lowest BCUT2D eigenvalue weighted by Crippen LogP contribution is -2.38. The number of carbonyl (C=O) groups excluding carboxylic acids is 2. The Morgan fingerprint density at radius 1 is 1.34 bits per heavy atom. The lowest BCUT2D eigenvalue weighted by molar-refractivity contribution is -0.116. The van der Waals surface area contributed by atoms with E-state index in [4.69, 9.17) is 4.52 Å². The van der Waals surface area contributed by atoms with Crippen LogP contribution >= 0.6 is 0 Å². The van der Waals surface area contributed by atoms with Crippen LogP contribution in [0.25, 0.3) is 0 Å². The summed E-state index contributed by atoms with van der Waals surface area (Å²) < 4.78 is 4.88. The SMILES string of the molecule is Cc1cc(C(=O)Nc2cccc(C#CC(=O)N[C@H](CO)Cc3cnc[nH]3)c2)no1. The zero-order valence-corrected chi connectivity index (χ0v) is 15.6. The second-order valence-corrected chi connectivity index (χ2v) is 6.24. The first-order chi connectivity index (χ1) is 14.0. The summed E-state index contributed by atoms with van der Waals surface area (Å²) in [5.41, 5.74) is 2.02. The molecule has 148 valence electrons. The van der Waals surface area contributed by atoms with Crippen LogP contribution in [0.1, 0.15) is 27.5 Å². The molecule has 1 atom stereocenters. The fraction of sp³-hybridized carbons (Fsp3) is 0.200. The van der Waals surface area contributed by atoms with E-state index in [1.807, 2.05) is 0 Å². The monoisotopic (exact) mass is 393 g/mol. The van der Waals surface area contributed by atoms with E-state index in [2.05, 4.69) is 37.6 Å². The molecule has 0 aliphatic carbocycles. The number of nitrogens with zero attached hydrogens (tertiary/aromatic N) is 2. The second-order valence-electron chi connectivity index (χ2n) is 6.24. The topological polar surface area (TPSA) is 133 Å². The predicted molar refractivity (Wildman–Crippen MR) is 104 cm³/mol. The van der Waals surface area contributed by atoms with Gasteiger partial charge in [0.2, 0.25) is 0 Å². The van der Waals surface area contributed by atoms with Crippen LogP contribution in [0.15, 0.2) is 47.4 Å². The molecule has 3 aromatic rings. The number of benzene rings is 1. The smallest absolute Gasteiger partial charge is 0.296 e. The first-order valence-corrected chi connectivity index (χ1v) is 8.79. The molecule has 0 radical (unpaired) electrons. The van der Waals surface area contributed by atoms with Gasteiger partial charge in [-0.3, -0.25) is 9.59 Å². The molecule has 29 heavy (non-hydrogen) atoms. The number of anilines is 1. The van der Waals surface area contributed by atoms with E-state index in [1.54, 1.807) is 37.4 Å². The molecule has 0 spiro atoms. The van der Waals surface area contributed by atoms with Gasteiger partial charge in [-0.05, 0) is 25.1 Å². The highest BCUT2D eigenvalue weighted by Crippen LogP contribution is 2.12. The normalized spacial score (nSPS) is 11.2. The molecule has 1 aromatic carbocycles. The van der Waals surface area contributed by atoms with Crippen LogP contribution in [0.2, 0.25) is 0 Å². The molecule has 2 heterocycles. The zero-order valence-electron chi connectivity index (χ0n) is 15.6. The summed E-state index contributed by atoms with van der Waals surface area (Å²) in [4.78, 5) is 31.0. The summed E-state index contributed by atoms with van der Waals surface area (Å²) in [5.74, 6) is 4.83. The average molecular weight is 393 g/mol.